The van der Waals surface area contributed by atoms with Gasteiger partial charge in [0.25, 0.3) is 5.91 Å². The second-order valence-electron chi connectivity index (χ2n) is 6.56. The van der Waals surface area contributed by atoms with Gasteiger partial charge < -0.3 is 10.1 Å². The summed E-state index contributed by atoms with van der Waals surface area (Å²) < 4.78 is 28.4. The number of hydrazone groups is 1. The largest absolute Gasteiger partial charge is 0.462 e. The first-order chi connectivity index (χ1) is 13.3. The second kappa shape index (κ2) is 8.09. The molecular formula is C18H21N3O6S. The molecule has 2 heterocycles. The molecule has 2 aliphatic heterocycles. The van der Waals surface area contributed by atoms with Crippen molar-refractivity contribution in [2.75, 3.05) is 23.4 Å². The number of esters is 1. The summed E-state index contributed by atoms with van der Waals surface area (Å²) in [5.41, 5.74) is 0.604. The van der Waals surface area contributed by atoms with Crippen LogP contribution in [0.2, 0.25) is 0 Å². The van der Waals surface area contributed by atoms with E-state index in [1.54, 1.807) is 25.1 Å². The van der Waals surface area contributed by atoms with Gasteiger partial charge in [-0.3, -0.25) is 9.59 Å². The van der Waals surface area contributed by atoms with Gasteiger partial charge >= 0.3 is 5.97 Å². The van der Waals surface area contributed by atoms with Gasteiger partial charge in [0, 0.05) is 12.8 Å². The smallest absolute Gasteiger partial charge is 0.340 e. The predicted molar refractivity (Wildman–Crippen MR) is 102 cm³/mol. The molecule has 3 rings (SSSR count). The minimum absolute atomic E-state index is 0.00537. The monoisotopic (exact) mass is 407 g/mol. The lowest BCUT2D eigenvalue weighted by molar-refractivity contribution is -0.133. The number of rotatable bonds is 5. The molecule has 0 spiro atoms. The first-order valence-electron chi connectivity index (χ1n) is 8.98. The van der Waals surface area contributed by atoms with Crippen molar-refractivity contribution in [3.63, 3.8) is 0 Å². The number of para-hydroxylation sites is 1. The number of anilines is 1. The van der Waals surface area contributed by atoms with Crippen LogP contribution >= 0.6 is 0 Å². The molecule has 0 bridgehead atoms. The Kier molecular flexibility index (Phi) is 5.78. The van der Waals surface area contributed by atoms with E-state index in [0.29, 0.717) is 6.42 Å². The van der Waals surface area contributed by atoms with Crippen molar-refractivity contribution in [1.29, 1.82) is 0 Å². The van der Waals surface area contributed by atoms with Gasteiger partial charge in [-0.25, -0.2) is 18.2 Å². The van der Waals surface area contributed by atoms with Gasteiger partial charge in [0.1, 0.15) is 5.71 Å². The maximum absolute atomic E-state index is 12.6. The molecule has 0 radical (unpaired) electrons. The van der Waals surface area contributed by atoms with Crippen molar-refractivity contribution >= 4 is 39.0 Å². The molecule has 0 saturated carbocycles. The SMILES string of the molecule is CCOC(=O)c1ccccc1NC(=O)C1=NN([C@@H]2CCS(=O)(=O)C2)C(=O)CC1. The van der Waals surface area contributed by atoms with Crippen LogP contribution in [0, 0.1) is 0 Å². The molecule has 28 heavy (non-hydrogen) atoms. The van der Waals surface area contributed by atoms with Crippen molar-refractivity contribution in [2.45, 2.75) is 32.2 Å². The van der Waals surface area contributed by atoms with Gasteiger partial charge in [0.2, 0.25) is 5.91 Å². The fourth-order valence-electron chi connectivity index (χ4n) is 3.16. The van der Waals surface area contributed by atoms with E-state index in [0.717, 1.165) is 5.01 Å². The zero-order valence-electron chi connectivity index (χ0n) is 15.4. The van der Waals surface area contributed by atoms with Crippen LogP contribution in [-0.4, -0.2) is 61.1 Å². The number of nitrogens with one attached hydrogen (secondary N) is 1. The molecule has 1 saturated heterocycles. The number of ether oxygens (including phenoxy) is 1. The lowest BCUT2D eigenvalue weighted by Gasteiger charge is -2.27. The van der Waals surface area contributed by atoms with E-state index in [1.165, 1.54) is 6.07 Å². The molecule has 9 nitrogen and oxygen atoms in total. The minimum atomic E-state index is -3.19. The highest BCUT2D eigenvalue weighted by molar-refractivity contribution is 7.91. The van der Waals surface area contributed by atoms with E-state index in [4.69, 9.17) is 4.74 Å². The van der Waals surface area contributed by atoms with Crippen molar-refractivity contribution in [1.82, 2.24) is 5.01 Å². The molecule has 1 fully saturated rings. The maximum atomic E-state index is 12.6. The van der Waals surface area contributed by atoms with Crippen LogP contribution in [0.1, 0.15) is 36.5 Å². The van der Waals surface area contributed by atoms with Crippen LogP contribution in [0.5, 0.6) is 0 Å². The van der Waals surface area contributed by atoms with E-state index >= 15 is 0 Å². The lowest BCUT2D eigenvalue weighted by Crippen LogP contribution is -2.42. The first kappa shape index (κ1) is 20.0. The van der Waals surface area contributed by atoms with Gasteiger partial charge in [-0.05, 0) is 25.5 Å². The normalized spacial score (nSPS) is 21.2. The third-order valence-corrected chi connectivity index (χ3v) is 6.30. The van der Waals surface area contributed by atoms with E-state index in [1.807, 2.05) is 0 Å². The summed E-state index contributed by atoms with van der Waals surface area (Å²) in [7, 11) is -3.19. The fraction of sp³-hybridized carbons (Fsp3) is 0.444. The summed E-state index contributed by atoms with van der Waals surface area (Å²) in [5, 5.41) is 7.89. The molecule has 10 heteroatoms. The van der Waals surface area contributed by atoms with Gasteiger partial charge in [0.15, 0.2) is 9.84 Å². The van der Waals surface area contributed by atoms with Gasteiger partial charge in [-0.2, -0.15) is 5.10 Å². The van der Waals surface area contributed by atoms with E-state index in [2.05, 4.69) is 10.4 Å². The topological polar surface area (TPSA) is 122 Å². The van der Waals surface area contributed by atoms with E-state index in [-0.39, 0.29) is 53.8 Å². The quantitative estimate of drug-likeness (QED) is 0.726. The zero-order valence-corrected chi connectivity index (χ0v) is 16.2. The average Bonchev–Trinajstić information content (AvgIpc) is 3.02. The number of nitrogens with zero attached hydrogens (tertiary/aromatic N) is 2. The Morgan fingerprint density at radius 2 is 2.04 bits per heavy atom. The first-order valence-corrected chi connectivity index (χ1v) is 10.8. The summed E-state index contributed by atoms with van der Waals surface area (Å²) >= 11 is 0. The molecule has 2 aliphatic rings. The van der Waals surface area contributed by atoms with Crippen molar-refractivity contribution < 1.29 is 27.5 Å². The highest BCUT2D eigenvalue weighted by Gasteiger charge is 2.37. The van der Waals surface area contributed by atoms with Crippen LogP contribution in [0.3, 0.4) is 0 Å². The van der Waals surface area contributed by atoms with Crippen LogP contribution in [0.25, 0.3) is 0 Å². The molecule has 1 aromatic rings. The number of hydrogen-bond acceptors (Lipinski definition) is 7. The number of hydrogen-bond donors (Lipinski definition) is 1. The van der Waals surface area contributed by atoms with Crippen LogP contribution in [-0.2, 0) is 24.2 Å². The van der Waals surface area contributed by atoms with Crippen molar-refractivity contribution in [3.8, 4) is 0 Å². The van der Waals surface area contributed by atoms with Crippen molar-refractivity contribution in [2.24, 2.45) is 5.10 Å². The molecule has 0 aliphatic carbocycles. The Morgan fingerprint density at radius 1 is 1.29 bits per heavy atom. The molecular weight excluding hydrogens is 386 g/mol. The predicted octanol–water partition coefficient (Wildman–Crippen LogP) is 0.967. The molecule has 2 amide bonds. The summed E-state index contributed by atoms with van der Waals surface area (Å²) in [5.74, 6) is -1.55. The van der Waals surface area contributed by atoms with E-state index < -0.39 is 27.8 Å². The number of amides is 2. The summed E-state index contributed by atoms with van der Waals surface area (Å²) in [6.07, 6.45) is 0.517. The van der Waals surface area contributed by atoms with Crippen LogP contribution in [0.15, 0.2) is 29.4 Å². The van der Waals surface area contributed by atoms with E-state index in [9.17, 15) is 22.8 Å². The number of carbonyl (C=O) groups excluding carboxylic acids is 3. The van der Waals surface area contributed by atoms with Crippen LogP contribution in [0.4, 0.5) is 5.69 Å². The number of carbonyl (C=O) groups is 3. The number of benzene rings is 1. The molecule has 0 aromatic heterocycles. The molecule has 1 aromatic carbocycles. The van der Waals surface area contributed by atoms with Gasteiger partial charge in [-0.1, -0.05) is 12.1 Å². The Labute approximate surface area is 162 Å². The van der Waals surface area contributed by atoms with Crippen LogP contribution < -0.4 is 5.32 Å². The van der Waals surface area contributed by atoms with Crippen molar-refractivity contribution in [3.05, 3.63) is 29.8 Å². The Morgan fingerprint density at radius 3 is 2.71 bits per heavy atom. The fourth-order valence-corrected chi connectivity index (χ4v) is 4.85. The Hall–Kier alpha value is -2.75. The number of sulfone groups is 1. The lowest BCUT2D eigenvalue weighted by atomic mass is 10.1. The second-order valence-corrected chi connectivity index (χ2v) is 8.79. The van der Waals surface area contributed by atoms with Gasteiger partial charge in [0.05, 0.1) is 35.4 Å². The zero-order chi connectivity index (χ0) is 20.3. The standard InChI is InChI=1S/C18H21N3O6S/c1-2-27-18(24)13-5-3-4-6-14(13)19-17(23)15-7-8-16(22)21(20-15)12-9-10-28(25,26)11-12/h3-6,12H,2,7-11H2,1H3,(H,19,23)/t12-/m1/s1. The summed E-state index contributed by atoms with van der Waals surface area (Å²) in [4.78, 5) is 36.8. The molecule has 150 valence electrons. The van der Waals surface area contributed by atoms with Gasteiger partial charge in [-0.15, -0.1) is 0 Å². The Balaban J connectivity index is 1.78. The minimum Gasteiger partial charge on any atom is -0.462 e. The average molecular weight is 407 g/mol. The highest BCUT2D eigenvalue weighted by atomic mass is 32.2. The summed E-state index contributed by atoms with van der Waals surface area (Å²) in [6, 6.07) is 5.88. The maximum Gasteiger partial charge on any atom is 0.340 e. The third kappa shape index (κ3) is 4.38. The highest BCUT2D eigenvalue weighted by Crippen LogP contribution is 2.23. The molecule has 1 N–H and O–H groups in total. The molecule has 1 atom stereocenters. The third-order valence-electron chi connectivity index (χ3n) is 4.55. The Bertz CT molecular complexity index is 940. The molecule has 0 unspecified atom stereocenters. The summed E-state index contributed by atoms with van der Waals surface area (Å²) in [6.45, 7) is 1.89.